The van der Waals surface area contributed by atoms with Crippen LogP contribution in [0.2, 0.25) is 0 Å². The van der Waals surface area contributed by atoms with Gasteiger partial charge >= 0.3 is 5.30 Å². The van der Waals surface area contributed by atoms with Gasteiger partial charge in [-0.1, -0.05) is 13.8 Å². The van der Waals surface area contributed by atoms with E-state index in [4.69, 9.17) is 5.11 Å². The lowest BCUT2D eigenvalue weighted by Gasteiger charge is -1.99. The average molecular weight is 148 g/mol. The molecule has 0 spiro atoms. The first-order valence-corrected chi connectivity index (χ1v) is 3.97. The minimum atomic E-state index is -0.768. The van der Waals surface area contributed by atoms with Gasteiger partial charge in [0, 0.05) is 5.75 Å². The number of hydrogen-bond donors (Lipinski definition) is 1. The first kappa shape index (κ1) is 8.82. The van der Waals surface area contributed by atoms with E-state index >= 15 is 0 Å². The van der Waals surface area contributed by atoms with Crippen LogP contribution in [0.5, 0.6) is 0 Å². The van der Waals surface area contributed by atoms with Crippen molar-refractivity contribution in [2.45, 2.75) is 20.3 Å². The van der Waals surface area contributed by atoms with Gasteiger partial charge in [-0.3, -0.25) is 0 Å². The fraction of sp³-hybridized carbons (Fsp3) is 0.833. The number of carboxylic acid groups (broad SMARTS) is 1. The molecule has 0 aliphatic heterocycles. The topological polar surface area (TPSA) is 37.3 Å². The van der Waals surface area contributed by atoms with Crippen LogP contribution in [0.3, 0.4) is 0 Å². The van der Waals surface area contributed by atoms with Crippen molar-refractivity contribution in [3.8, 4) is 0 Å². The largest absolute Gasteiger partial charge is 0.473 e. The molecule has 0 aromatic rings. The van der Waals surface area contributed by atoms with Crippen molar-refractivity contribution in [2.24, 2.45) is 5.92 Å². The third-order valence-corrected chi connectivity index (χ3v) is 1.61. The summed E-state index contributed by atoms with van der Waals surface area (Å²) >= 11 is 0.976. The lowest BCUT2D eigenvalue weighted by atomic mass is 10.2. The molecule has 0 heterocycles. The molecule has 54 valence electrons. The molecular formula is C6H12O2S. The Bertz CT molecular complexity index is 91.1. The second kappa shape index (κ2) is 4.68. The van der Waals surface area contributed by atoms with Gasteiger partial charge in [-0.2, -0.15) is 0 Å². The quantitative estimate of drug-likeness (QED) is 0.668. The maximum absolute atomic E-state index is 9.94. The molecule has 9 heavy (non-hydrogen) atoms. The van der Waals surface area contributed by atoms with Crippen LogP contribution in [0.15, 0.2) is 0 Å². The van der Waals surface area contributed by atoms with E-state index in [1.807, 2.05) is 0 Å². The van der Waals surface area contributed by atoms with Crippen LogP contribution in [0, 0.1) is 5.92 Å². The van der Waals surface area contributed by atoms with Gasteiger partial charge < -0.3 is 5.11 Å². The molecule has 0 aromatic carbocycles. The van der Waals surface area contributed by atoms with E-state index in [1.165, 1.54) is 0 Å². The van der Waals surface area contributed by atoms with Crippen molar-refractivity contribution in [1.29, 1.82) is 0 Å². The molecule has 3 heteroatoms. The fourth-order valence-electron chi connectivity index (χ4n) is 0.382. The van der Waals surface area contributed by atoms with Crippen molar-refractivity contribution in [3.63, 3.8) is 0 Å². The lowest BCUT2D eigenvalue weighted by molar-refractivity contribution is 0.222. The van der Waals surface area contributed by atoms with E-state index in [0.717, 1.165) is 23.9 Å². The van der Waals surface area contributed by atoms with E-state index in [9.17, 15) is 4.79 Å². The van der Waals surface area contributed by atoms with Crippen molar-refractivity contribution in [1.82, 2.24) is 0 Å². The molecule has 0 rings (SSSR count). The summed E-state index contributed by atoms with van der Waals surface area (Å²) in [5.74, 6) is 1.34. The van der Waals surface area contributed by atoms with E-state index in [-0.39, 0.29) is 0 Å². The highest BCUT2D eigenvalue weighted by molar-refractivity contribution is 8.13. The Morgan fingerprint density at radius 2 is 2.22 bits per heavy atom. The van der Waals surface area contributed by atoms with Crippen LogP contribution < -0.4 is 0 Å². The van der Waals surface area contributed by atoms with Gasteiger partial charge in [-0.15, -0.1) is 0 Å². The molecule has 0 bridgehead atoms. The Morgan fingerprint density at radius 1 is 1.67 bits per heavy atom. The zero-order chi connectivity index (χ0) is 7.28. The Balaban J connectivity index is 3.01. The van der Waals surface area contributed by atoms with Crippen molar-refractivity contribution in [3.05, 3.63) is 0 Å². The zero-order valence-corrected chi connectivity index (χ0v) is 6.57. The minimum absolute atomic E-state index is 0.608. The highest BCUT2D eigenvalue weighted by Crippen LogP contribution is 2.08. The molecular weight excluding hydrogens is 136 g/mol. The Kier molecular flexibility index (Phi) is 4.58. The molecule has 0 atom stereocenters. The number of rotatable bonds is 3. The zero-order valence-electron chi connectivity index (χ0n) is 5.76. The molecule has 0 saturated heterocycles. The molecule has 1 N–H and O–H groups in total. The molecule has 0 aliphatic carbocycles. The number of thioether (sulfide) groups is 1. The van der Waals surface area contributed by atoms with Gasteiger partial charge in [-0.05, 0) is 24.1 Å². The first-order chi connectivity index (χ1) is 4.13. The van der Waals surface area contributed by atoms with Gasteiger partial charge in [0.1, 0.15) is 0 Å². The minimum Gasteiger partial charge on any atom is -0.473 e. The van der Waals surface area contributed by atoms with Crippen LogP contribution in [-0.2, 0) is 0 Å². The molecule has 0 amide bonds. The summed E-state index contributed by atoms with van der Waals surface area (Å²) in [5.41, 5.74) is 0. The molecule has 0 radical (unpaired) electrons. The number of hydrogen-bond acceptors (Lipinski definition) is 2. The molecule has 0 unspecified atom stereocenters. The van der Waals surface area contributed by atoms with E-state index in [2.05, 4.69) is 13.8 Å². The van der Waals surface area contributed by atoms with E-state index in [1.54, 1.807) is 0 Å². The second-order valence-electron chi connectivity index (χ2n) is 2.30. The van der Waals surface area contributed by atoms with Crippen LogP contribution in [0.25, 0.3) is 0 Å². The molecule has 2 nitrogen and oxygen atoms in total. The number of carbonyl (C=O) groups is 1. The predicted molar refractivity (Wildman–Crippen MR) is 39.9 cm³/mol. The van der Waals surface area contributed by atoms with Crippen molar-refractivity contribution in [2.75, 3.05) is 5.75 Å². The summed E-state index contributed by atoms with van der Waals surface area (Å²) in [5, 5.41) is 7.42. The Morgan fingerprint density at radius 3 is 2.56 bits per heavy atom. The Labute approximate surface area is 59.6 Å². The third-order valence-electron chi connectivity index (χ3n) is 0.921. The van der Waals surface area contributed by atoms with Gasteiger partial charge in [0.25, 0.3) is 0 Å². The predicted octanol–water partition coefficient (Wildman–Crippen LogP) is 2.44. The standard InChI is InChI=1S/C6H12O2S/c1-5(2)3-4-9-6(7)8/h5H,3-4H2,1-2H3,(H,7,8). The maximum atomic E-state index is 9.94. The molecule has 0 saturated carbocycles. The third kappa shape index (κ3) is 7.82. The summed E-state index contributed by atoms with van der Waals surface area (Å²) < 4.78 is 0. The fourth-order valence-corrected chi connectivity index (χ4v) is 1.15. The van der Waals surface area contributed by atoms with Crippen LogP contribution >= 0.6 is 11.8 Å². The molecule has 0 aromatic heterocycles. The van der Waals surface area contributed by atoms with Crippen LogP contribution in [0.4, 0.5) is 4.79 Å². The monoisotopic (exact) mass is 148 g/mol. The van der Waals surface area contributed by atoms with E-state index in [0.29, 0.717) is 5.92 Å². The summed E-state index contributed by atoms with van der Waals surface area (Å²) in [4.78, 5) is 9.94. The second-order valence-corrected chi connectivity index (χ2v) is 3.34. The summed E-state index contributed by atoms with van der Waals surface area (Å²) in [6, 6.07) is 0. The van der Waals surface area contributed by atoms with E-state index < -0.39 is 5.30 Å². The van der Waals surface area contributed by atoms with Gasteiger partial charge in [0.15, 0.2) is 0 Å². The average Bonchev–Trinajstić information content (AvgIpc) is 1.63. The normalized spacial score (nSPS) is 10.1. The first-order valence-electron chi connectivity index (χ1n) is 2.98. The summed E-state index contributed by atoms with van der Waals surface area (Å²) in [6.07, 6.45) is 0.983. The van der Waals surface area contributed by atoms with Crippen LogP contribution in [0.1, 0.15) is 20.3 Å². The lowest BCUT2D eigenvalue weighted by Crippen LogP contribution is -1.92. The summed E-state index contributed by atoms with van der Waals surface area (Å²) in [7, 11) is 0. The van der Waals surface area contributed by atoms with Crippen molar-refractivity contribution < 1.29 is 9.90 Å². The van der Waals surface area contributed by atoms with Crippen molar-refractivity contribution >= 4 is 17.1 Å². The van der Waals surface area contributed by atoms with Gasteiger partial charge in [-0.25, -0.2) is 4.79 Å². The maximum Gasteiger partial charge on any atom is 0.364 e. The molecule has 0 fully saturated rings. The summed E-state index contributed by atoms with van der Waals surface area (Å²) in [6.45, 7) is 4.17. The highest BCUT2D eigenvalue weighted by Gasteiger charge is 1.98. The highest BCUT2D eigenvalue weighted by atomic mass is 32.2. The Hall–Kier alpha value is -0.180. The van der Waals surface area contributed by atoms with Gasteiger partial charge in [0.05, 0.1) is 0 Å². The SMILES string of the molecule is CC(C)CCSC(=O)O. The molecule has 0 aliphatic rings. The smallest absolute Gasteiger partial charge is 0.364 e. The van der Waals surface area contributed by atoms with Gasteiger partial charge in [0.2, 0.25) is 0 Å². The van der Waals surface area contributed by atoms with Crippen LogP contribution in [-0.4, -0.2) is 16.2 Å².